The molecular formula is C19H30N2O3. The Balaban J connectivity index is 1.84. The van der Waals surface area contributed by atoms with Gasteiger partial charge in [0.2, 0.25) is 0 Å². The number of ether oxygens (including phenoxy) is 2. The van der Waals surface area contributed by atoms with Gasteiger partial charge in [0.05, 0.1) is 11.8 Å². The molecule has 134 valence electrons. The number of likely N-dealkylation sites (tertiary alicyclic amines) is 1. The van der Waals surface area contributed by atoms with Gasteiger partial charge in [-0.05, 0) is 65.5 Å². The van der Waals surface area contributed by atoms with E-state index in [4.69, 9.17) is 9.47 Å². The van der Waals surface area contributed by atoms with E-state index in [1.165, 1.54) is 0 Å². The second kappa shape index (κ2) is 8.47. The van der Waals surface area contributed by atoms with Gasteiger partial charge in [0, 0.05) is 25.4 Å². The predicted octanol–water partition coefficient (Wildman–Crippen LogP) is 4.34. The SMILES string of the molecule is CC(OCCC1CCCCN1C(=O)OC(C)(C)C)c1ccccn1. The highest BCUT2D eigenvalue weighted by molar-refractivity contribution is 5.68. The fourth-order valence-corrected chi connectivity index (χ4v) is 2.94. The summed E-state index contributed by atoms with van der Waals surface area (Å²) in [5, 5.41) is 0. The van der Waals surface area contributed by atoms with Crippen molar-refractivity contribution in [2.24, 2.45) is 0 Å². The number of rotatable bonds is 5. The Labute approximate surface area is 145 Å². The summed E-state index contributed by atoms with van der Waals surface area (Å²) in [6, 6.07) is 6.03. The lowest BCUT2D eigenvalue weighted by Crippen LogP contribution is -2.46. The van der Waals surface area contributed by atoms with Crippen molar-refractivity contribution < 1.29 is 14.3 Å². The van der Waals surface area contributed by atoms with Crippen LogP contribution >= 0.6 is 0 Å². The summed E-state index contributed by atoms with van der Waals surface area (Å²) in [6.45, 7) is 9.11. The van der Waals surface area contributed by atoms with E-state index in [-0.39, 0.29) is 18.2 Å². The lowest BCUT2D eigenvalue weighted by atomic mass is 10.0. The lowest BCUT2D eigenvalue weighted by molar-refractivity contribution is -0.000603. The van der Waals surface area contributed by atoms with Crippen molar-refractivity contribution >= 4 is 6.09 Å². The highest BCUT2D eigenvalue weighted by atomic mass is 16.6. The van der Waals surface area contributed by atoms with Crippen LogP contribution in [0.2, 0.25) is 0 Å². The molecular weight excluding hydrogens is 304 g/mol. The van der Waals surface area contributed by atoms with Crippen molar-refractivity contribution in [3.8, 4) is 0 Å². The lowest BCUT2D eigenvalue weighted by Gasteiger charge is -2.37. The summed E-state index contributed by atoms with van der Waals surface area (Å²) in [7, 11) is 0. The van der Waals surface area contributed by atoms with Crippen molar-refractivity contribution in [3.05, 3.63) is 30.1 Å². The third kappa shape index (κ3) is 5.78. The number of nitrogens with zero attached hydrogens (tertiary/aromatic N) is 2. The first-order valence-corrected chi connectivity index (χ1v) is 8.89. The summed E-state index contributed by atoms with van der Waals surface area (Å²) in [5.74, 6) is 0. The van der Waals surface area contributed by atoms with Gasteiger partial charge in [-0.3, -0.25) is 4.98 Å². The van der Waals surface area contributed by atoms with Crippen LogP contribution in [0.4, 0.5) is 4.79 Å². The number of carbonyl (C=O) groups excluding carboxylic acids is 1. The number of hydrogen-bond donors (Lipinski definition) is 0. The number of amides is 1. The Hall–Kier alpha value is -1.62. The fourth-order valence-electron chi connectivity index (χ4n) is 2.94. The van der Waals surface area contributed by atoms with Gasteiger partial charge in [0.15, 0.2) is 0 Å². The van der Waals surface area contributed by atoms with Crippen LogP contribution in [0.15, 0.2) is 24.4 Å². The largest absolute Gasteiger partial charge is 0.444 e. The molecule has 0 radical (unpaired) electrons. The molecule has 5 heteroatoms. The van der Waals surface area contributed by atoms with Crippen molar-refractivity contribution in [2.75, 3.05) is 13.2 Å². The van der Waals surface area contributed by atoms with E-state index in [0.717, 1.165) is 37.9 Å². The Kier molecular flexibility index (Phi) is 6.60. The Bertz CT molecular complexity index is 513. The molecule has 0 aliphatic carbocycles. The standard InChI is InChI=1S/C19H30N2O3/c1-15(17-10-5-7-12-20-17)23-14-11-16-9-6-8-13-21(16)18(22)24-19(2,3)4/h5,7,10,12,15-16H,6,8-9,11,13-14H2,1-4H3. The fraction of sp³-hybridized carbons (Fsp3) is 0.684. The van der Waals surface area contributed by atoms with Crippen LogP contribution in [-0.2, 0) is 9.47 Å². The molecule has 1 fully saturated rings. The average molecular weight is 334 g/mol. The molecule has 2 atom stereocenters. The van der Waals surface area contributed by atoms with Crippen LogP contribution in [0, 0.1) is 0 Å². The van der Waals surface area contributed by atoms with Gasteiger partial charge in [-0.25, -0.2) is 4.79 Å². The maximum atomic E-state index is 12.4. The number of aromatic nitrogens is 1. The Morgan fingerprint density at radius 3 is 2.83 bits per heavy atom. The molecule has 0 spiro atoms. The molecule has 0 aromatic carbocycles. The first-order chi connectivity index (χ1) is 11.4. The first-order valence-electron chi connectivity index (χ1n) is 8.89. The van der Waals surface area contributed by atoms with Gasteiger partial charge in [-0.15, -0.1) is 0 Å². The Morgan fingerprint density at radius 2 is 2.17 bits per heavy atom. The monoisotopic (exact) mass is 334 g/mol. The summed E-state index contributed by atoms with van der Waals surface area (Å²) >= 11 is 0. The smallest absolute Gasteiger partial charge is 0.410 e. The summed E-state index contributed by atoms with van der Waals surface area (Å²) in [4.78, 5) is 18.6. The summed E-state index contributed by atoms with van der Waals surface area (Å²) in [5.41, 5.74) is 0.480. The molecule has 24 heavy (non-hydrogen) atoms. The highest BCUT2D eigenvalue weighted by Gasteiger charge is 2.30. The van der Waals surface area contributed by atoms with Crippen LogP contribution in [0.3, 0.4) is 0 Å². The zero-order chi connectivity index (χ0) is 17.6. The van der Waals surface area contributed by atoms with Crippen molar-refractivity contribution in [1.82, 2.24) is 9.88 Å². The molecule has 1 aromatic rings. The van der Waals surface area contributed by atoms with Crippen LogP contribution in [-0.4, -0.2) is 40.8 Å². The maximum Gasteiger partial charge on any atom is 0.410 e. The average Bonchev–Trinajstić information content (AvgIpc) is 2.54. The molecule has 2 unspecified atom stereocenters. The van der Waals surface area contributed by atoms with Crippen molar-refractivity contribution in [2.45, 2.75) is 71.1 Å². The maximum absolute atomic E-state index is 12.4. The second-order valence-electron chi connectivity index (χ2n) is 7.38. The quantitative estimate of drug-likeness (QED) is 0.804. The normalized spacial score (nSPS) is 19.8. The van der Waals surface area contributed by atoms with Crippen molar-refractivity contribution in [1.29, 1.82) is 0 Å². The van der Waals surface area contributed by atoms with E-state index in [1.807, 2.05) is 50.8 Å². The third-order valence-corrected chi connectivity index (χ3v) is 4.18. The topological polar surface area (TPSA) is 51.7 Å². The van der Waals surface area contributed by atoms with E-state index >= 15 is 0 Å². The van der Waals surface area contributed by atoms with E-state index in [0.29, 0.717) is 6.61 Å². The van der Waals surface area contributed by atoms with Gasteiger partial charge in [0.1, 0.15) is 5.60 Å². The van der Waals surface area contributed by atoms with Crippen molar-refractivity contribution in [3.63, 3.8) is 0 Å². The van der Waals surface area contributed by atoms with Gasteiger partial charge in [-0.1, -0.05) is 6.07 Å². The van der Waals surface area contributed by atoms with Crippen LogP contribution in [0.25, 0.3) is 0 Å². The van der Waals surface area contributed by atoms with E-state index in [9.17, 15) is 4.79 Å². The van der Waals surface area contributed by atoms with Crippen LogP contribution < -0.4 is 0 Å². The number of piperidine rings is 1. The molecule has 2 heterocycles. The number of pyridine rings is 1. The molecule has 0 bridgehead atoms. The number of carbonyl (C=O) groups is 1. The van der Waals surface area contributed by atoms with Gasteiger partial charge in [0.25, 0.3) is 0 Å². The predicted molar refractivity (Wildman–Crippen MR) is 93.8 cm³/mol. The second-order valence-corrected chi connectivity index (χ2v) is 7.38. The molecule has 0 saturated carbocycles. The minimum Gasteiger partial charge on any atom is -0.444 e. The molecule has 1 saturated heterocycles. The molecule has 2 rings (SSSR count). The Morgan fingerprint density at radius 1 is 1.38 bits per heavy atom. The molecule has 0 N–H and O–H groups in total. The van der Waals surface area contributed by atoms with Crippen LogP contribution in [0.1, 0.15) is 65.2 Å². The minimum atomic E-state index is -0.455. The zero-order valence-corrected chi connectivity index (χ0v) is 15.3. The minimum absolute atomic E-state index is 0.0373. The van der Waals surface area contributed by atoms with Gasteiger partial charge < -0.3 is 14.4 Å². The molecule has 1 aromatic heterocycles. The zero-order valence-electron chi connectivity index (χ0n) is 15.3. The summed E-state index contributed by atoms with van der Waals surface area (Å²) in [6.07, 6.45) is 5.58. The van der Waals surface area contributed by atoms with E-state index in [1.54, 1.807) is 6.20 Å². The molecule has 1 aliphatic rings. The van der Waals surface area contributed by atoms with E-state index in [2.05, 4.69) is 4.98 Å². The number of hydrogen-bond acceptors (Lipinski definition) is 4. The van der Waals surface area contributed by atoms with Gasteiger partial charge in [-0.2, -0.15) is 0 Å². The molecule has 1 aliphatic heterocycles. The summed E-state index contributed by atoms with van der Waals surface area (Å²) < 4.78 is 11.5. The molecule has 5 nitrogen and oxygen atoms in total. The highest BCUT2D eigenvalue weighted by Crippen LogP contribution is 2.23. The third-order valence-electron chi connectivity index (χ3n) is 4.18. The molecule has 1 amide bonds. The first kappa shape index (κ1) is 18.7. The van der Waals surface area contributed by atoms with Gasteiger partial charge >= 0.3 is 6.09 Å². The van der Waals surface area contributed by atoms with E-state index < -0.39 is 5.60 Å². The van der Waals surface area contributed by atoms with Crippen LogP contribution in [0.5, 0.6) is 0 Å².